The second kappa shape index (κ2) is 6.19. The van der Waals surface area contributed by atoms with Crippen LogP contribution >= 0.6 is 24.0 Å². The molecule has 0 radical (unpaired) electrons. The number of nitrogens with zero attached hydrogens (tertiary/aromatic N) is 1. The summed E-state index contributed by atoms with van der Waals surface area (Å²) in [5, 5.41) is 0.710. The normalized spacial score (nSPS) is 11.9. The number of hydrogen-bond donors (Lipinski definition) is 1. The Morgan fingerprint density at radius 3 is 2.85 bits per heavy atom. The lowest BCUT2D eigenvalue weighted by molar-refractivity contribution is 0.646. The van der Waals surface area contributed by atoms with E-state index in [-0.39, 0.29) is 18.4 Å². The van der Waals surface area contributed by atoms with E-state index in [1.807, 2.05) is 6.07 Å². The Kier molecular flexibility index (Phi) is 6.04. The number of pyridine rings is 1. The summed E-state index contributed by atoms with van der Waals surface area (Å²) in [6.07, 6.45) is 5.19. The molecule has 0 aromatic carbocycles. The Bertz CT molecular complexity index is 253. The van der Waals surface area contributed by atoms with Crippen LogP contribution in [0, 0.1) is 0 Å². The van der Waals surface area contributed by atoms with Gasteiger partial charge in [0.25, 0.3) is 0 Å². The van der Waals surface area contributed by atoms with E-state index in [0.717, 1.165) is 18.4 Å². The molecule has 1 unspecified atom stereocenters. The van der Waals surface area contributed by atoms with Gasteiger partial charge in [0.15, 0.2) is 0 Å². The van der Waals surface area contributed by atoms with E-state index >= 15 is 0 Å². The summed E-state index contributed by atoms with van der Waals surface area (Å²) < 4.78 is 0. The largest absolute Gasteiger partial charge is 0.327 e. The summed E-state index contributed by atoms with van der Waals surface area (Å²) in [4.78, 5) is 3.91. The smallest absolute Gasteiger partial charge is 0.0621 e. The van der Waals surface area contributed by atoms with Crippen LogP contribution in [0.25, 0.3) is 0 Å². The fourth-order valence-corrected chi connectivity index (χ4v) is 1.19. The molecule has 0 saturated carbocycles. The number of halogens is 2. The van der Waals surface area contributed by atoms with Crippen LogP contribution in [0.5, 0.6) is 0 Å². The maximum absolute atomic E-state index is 5.91. The highest BCUT2D eigenvalue weighted by molar-refractivity contribution is 6.31. The van der Waals surface area contributed by atoms with E-state index in [2.05, 4.69) is 11.9 Å². The number of nitrogens with two attached hydrogens (primary N) is 1. The first-order valence-corrected chi connectivity index (χ1v) is 4.45. The molecule has 0 fully saturated rings. The van der Waals surface area contributed by atoms with Crippen molar-refractivity contribution >= 4 is 24.0 Å². The standard InChI is InChI=1S/C9H13ClN2.ClH/c1-2-8(11)5-7-3-4-12-6-9(7)10;/h3-4,6,8H,2,5,11H2,1H3;1H. The first-order valence-electron chi connectivity index (χ1n) is 4.08. The Labute approximate surface area is 89.9 Å². The first-order chi connectivity index (χ1) is 5.74. The van der Waals surface area contributed by atoms with Crippen LogP contribution in [-0.2, 0) is 6.42 Å². The van der Waals surface area contributed by atoms with Gasteiger partial charge in [0.05, 0.1) is 5.02 Å². The monoisotopic (exact) mass is 220 g/mol. The van der Waals surface area contributed by atoms with Gasteiger partial charge in [-0.05, 0) is 24.5 Å². The molecule has 4 heteroatoms. The van der Waals surface area contributed by atoms with Crippen molar-refractivity contribution in [2.24, 2.45) is 5.73 Å². The Balaban J connectivity index is 0.00000144. The van der Waals surface area contributed by atoms with E-state index in [9.17, 15) is 0 Å². The van der Waals surface area contributed by atoms with Gasteiger partial charge in [0.2, 0.25) is 0 Å². The maximum Gasteiger partial charge on any atom is 0.0621 e. The van der Waals surface area contributed by atoms with Crippen molar-refractivity contribution in [3.8, 4) is 0 Å². The van der Waals surface area contributed by atoms with Crippen LogP contribution in [0.1, 0.15) is 18.9 Å². The lowest BCUT2D eigenvalue weighted by Crippen LogP contribution is -2.21. The zero-order valence-corrected chi connectivity index (χ0v) is 9.11. The summed E-state index contributed by atoms with van der Waals surface area (Å²) >= 11 is 5.91. The molecule has 2 nitrogen and oxygen atoms in total. The van der Waals surface area contributed by atoms with Crippen LogP contribution in [0.4, 0.5) is 0 Å². The minimum absolute atomic E-state index is 0. The van der Waals surface area contributed by atoms with Crippen LogP contribution in [-0.4, -0.2) is 11.0 Å². The molecule has 0 aliphatic carbocycles. The highest BCUT2D eigenvalue weighted by Crippen LogP contribution is 2.15. The Morgan fingerprint density at radius 2 is 2.31 bits per heavy atom. The first kappa shape index (κ1) is 12.7. The van der Waals surface area contributed by atoms with Gasteiger partial charge in [-0.15, -0.1) is 12.4 Å². The zero-order chi connectivity index (χ0) is 8.97. The molecule has 1 heterocycles. The van der Waals surface area contributed by atoms with E-state index in [0.29, 0.717) is 5.02 Å². The van der Waals surface area contributed by atoms with Crippen molar-refractivity contribution in [1.82, 2.24) is 4.98 Å². The molecule has 13 heavy (non-hydrogen) atoms. The topological polar surface area (TPSA) is 38.9 Å². The highest BCUT2D eigenvalue weighted by atomic mass is 35.5. The highest BCUT2D eigenvalue weighted by Gasteiger charge is 2.04. The molecule has 2 N–H and O–H groups in total. The zero-order valence-electron chi connectivity index (χ0n) is 7.53. The predicted octanol–water partition coefficient (Wildman–Crippen LogP) is 2.44. The molecule has 0 bridgehead atoms. The maximum atomic E-state index is 5.91. The summed E-state index contributed by atoms with van der Waals surface area (Å²) in [6.45, 7) is 2.07. The van der Waals surface area contributed by atoms with E-state index in [1.165, 1.54) is 0 Å². The van der Waals surface area contributed by atoms with Crippen molar-refractivity contribution in [2.75, 3.05) is 0 Å². The molecular formula is C9H14Cl2N2. The molecule has 1 aromatic rings. The fourth-order valence-electron chi connectivity index (χ4n) is 0.996. The van der Waals surface area contributed by atoms with E-state index in [1.54, 1.807) is 12.4 Å². The third-order valence-electron chi connectivity index (χ3n) is 1.86. The second-order valence-corrected chi connectivity index (χ2v) is 3.25. The Morgan fingerprint density at radius 1 is 1.62 bits per heavy atom. The van der Waals surface area contributed by atoms with E-state index < -0.39 is 0 Å². The molecule has 74 valence electrons. The van der Waals surface area contributed by atoms with Gasteiger partial charge >= 0.3 is 0 Å². The van der Waals surface area contributed by atoms with Gasteiger partial charge in [-0.3, -0.25) is 4.98 Å². The summed E-state index contributed by atoms with van der Waals surface area (Å²) in [5.41, 5.74) is 6.88. The van der Waals surface area contributed by atoms with Gasteiger partial charge in [-0.1, -0.05) is 18.5 Å². The Hall–Kier alpha value is -0.310. The lowest BCUT2D eigenvalue weighted by atomic mass is 10.1. The minimum atomic E-state index is 0. The third kappa shape index (κ3) is 3.94. The molecule has 0 aliphatic rings. The second-order valence-electron chi connectivity index (χ2n) is 2.84. The quantitative estimate of drug-likeness (QED) is 0.851. The average Bonchev–Trinajstić information content (AvgIpc) is 2.09. The molecule has 1 rings (SSSR count). The summed E-state index contributed by atoms with van der Waals surface area (Å²) in [6, 6.07) is 2.11. The summed E-state index contributed by atoms with van der Waals surface area (Å²) in [5.74, 6) is 0. The number of rotatable bonds is 3. The SMILES string of the molecule is CCC(N)Cc1ccncc1Cl.Cl. The van der Waals surface area contributed by atoms with Gasteiger partial charge in [0, 0.05) is 18.4 Å². The summed E-state index contributed by atoms with van der Waals surface area (Å²) in [7, 11) is 0. The fraction of sp³-hybridized carbons (Fsp3) is 0.444. The van der Waals surface area contributed by atoms with Crippen molar-refractivity contribution < 1.29 is 0 Å². The van der Waals surface area contributed by atoms with Crippen molar-refractivity contribution in [3.05, 3.63) is 29.0 Å². The lowest BCUT2D eigenvalue weighted by Gasteiger charge is -2.08. The van der Waals surface area contributed by atoms with Gasteiger partial charge in [-0.25, -0.2) is 0 Å². The van der Waals surface area contributed by atoms with Gasteiger partial charge < -0.3 is 5.73 Å². The van der Waals surface area contributed by atoms with Crippen LogP contribution in [0.2, 0.25) is 5.02 Å². The molecule has 0 amide bonds. The van der Waals surface area contributed by atoms with Crippen LogP contribution in [0.15, 0.2) is 18.5 Å². The third-order valence-corrected chi connectivity index (χ3v) is 2.20. The number of aromatic nitrogens is 1. The van der Waals surface area contributed by atoms with Crippen molar-refractivity contribution in [2.45, 2.75) is 25.8 Å². The molecule has 1 aromatic heterocycles. The van der Waals surface area contributed by atoms with Crippen molar-refractivity contribution in [3.63, 3.8) is 0 Å². The van der Waals surface area contributed by atoms with Crippen LogP contribution < -0.4 is 5.73 Å². The molecule has 0 saturated heterocycles. The molecule has 0 spiro atoms. The minimum Gasteiger partial charge on any atom is -0.327 e. The molecule has 0 aliphatic heterocycles. The number of hydrogen-bond acceptors (Lipinski definition) is 2. The van der Waals surface area contributed by atoms with E-state index in [4.69, 9.17) is 17.3 Å². The van der Waals surface area contributed by atoms with Gasteiger partial charge in [0.1, 0.15) is 0 Å². The van der Waals surface area contributed by atoms with Gasteiger partial charge in [-0.2, -0.15) is 0 Å². The molecular weight excluding hydrogens is 207 g/mol. The van der Waals surface area contributed by atoms with Crippen LogP contribution in [0.3, 0.4) is 0 Å². The predicted molar refractivity (Wildman–Crippen MR) is 58.5 cm³/mol. The van der Waals surface area contributed by atoms with Crippen molar-refractivity contribution in [1.29, 1.82) is 0 Å². The molecule has 1 atom stereocenters. The average molecular weight is 221 g/mol.